The maximum atomic E-state index is 14.1. The first-order valence-corrected chi connectivity index (χ1v) is 14.8. The standard InChI is InChI=1S/C26H38ClFN4O6S/c1-13(27)18(22-20(34)19(33)21(35)24(38-22)39-3)32-25(36)26(29-2)23-15(12-31-26)10-16(8-9-37-23)30-11-14-6-4-5-7-17(14)28/h4-7,13,15-16,18-24,30-31,33-35H,2,8-12H2,1,3H3,(H,32,36)/t13-,15-,16?,18+,19?,20?,21+,22+,23+,24?,26-/m0/s1. The monoisotopic (exact) mass is 588 g/mol. The van der Waals surface area contributed by atoms with Gasteiger partial charge in [-0.1, -0.05) is 18.2 Å². The van der Waals surface area contributed by atoms with Crippen molar-refractivity contribution in [3.05, 3.63) is 35.6 Å². The van der Waals surface area contributed by atoms with Crippen molar-refractivity contribution in [2.75, 3.05) is 19.4 Å². The summed E-state index contributed by atoms with van der Waals surface area (Å²) in [5, 5.41) is 40.1. The molecule has 6 N–H and O–H groups in total. The number of ether oxygens (including phenoxy) is 2. The third-order valence-electron chi connectivity index (χ3n) is 7.94. The third-order valence-corrected chi connectivity index (χ3v) is 9.07. The molecule has 3 saturated heterocycles. The molecule has 39 heavy (non-hydrogen) atoms. The smallest absolute Gasteiger partial charge is 0.265 e. The van der Waals surface area contributed by atoms with Crippen LogP contribution in [0.4, 0.5) is 4.39 Å². The third kappa shape index (κ3) is 6.29. The Hall–Kier alpha value is -1.35. The van der Waals surface area contributed by atoms with Gasteiger partial charge in [-0.05, 0) is 38.8 Å². The summed E-state index contributed by atoms with van der Waals surface area (Å²) in [5.74, 6) is -0.886. The molecule has 3 heterocycles. The van der Waals surface area contributed by atoms with Crippen LogP contribution in [0.1, 0.15) is 25.3 Å². The van der Waals surface area contributed by atoms with Crippen LogP contribution in [0.15, 0.2) is 29.3 Å². The summed E-state index contributed by atoms with van der Waals surface area (Å²) in [4.78, 5) is 18.0. The molecule has 11 atom stereocenters. The lowest BCUT2D eigenvalue weighted by atomic mass is 9.89. The number of amides is 1. The predicted octanol–water partition coefficient (Wildman–Crippen LogP) is 0.362. The molecule has 1 aromatic carbocycles. The molecule has 3 aliphatic heterocycles. The molecular weight excluding hydrogens is 551 g/mol. The Morgan fingerprint density at radius 1 is 1.33 bits per heavy atom. The summed E-state index contributed by atoms with van der Waals surface area (Å²) in [6, 6.07) is 5.75. The molecule has 13 heteroatoms. The second kappa shape index (κ2) is 13.1. The Morgan fingerprint density at radius 3 is 2.74 bits per heavy atom. The summed E-state index contributed by atoms with van der Waals surface area (Å²) in [6.45, 7) is 6.51. The van der Waals surface area contributed by atoms with E-state index >= 15 is 0 Å². The summed E-state index contributed by atoms with van der Waals surface area (Å²) in [7, 11) is 0. The summed E-state index contributed by atoms with van der Waals surface area (Å²) < 4.78 is 26.1. The van der Waals surface area contributed by atoms with Crippen molar-refractivity contribution in [3.63, 3.8) is 0 Å². The zero-order valence-corrected chi connectivity index (χ0v) is 23.6. The van der Waals surface area contributed by atoms with Crippen LogP contribution >= 0.6 is 23.4 Å². The molecule has 0 bridgehead atoms. The van der Waals surface area contributed by atoms with Gasteiger partial charge in [0.1, 0.15) is 41.8 Å². The lowest BCUT2D eigenvalue weighted by Crippen LogP contribution is -2.67. The molecule has 4 rings (SSSR count). The normalized spacial score (nSPS) is 38.3. The number of nitrogens with one attached hydrogen (secondary N) is 3. The molecule has 1 aromatic rings. The lowest BCUT2D eigenvalue weighted by Gasteiger charge is -2.44. The summed E-state index contributed by atoms with van der Waals surface area (Å²) in [5.41, 5.74) is -1.74. The van der Waals surface area contributed by atoms with Crippen molar-refractivity contribution in [2.24, 2.45) is 10.9 Å². The number of alkyl halides is 1. The molecular formula is C26H38ClFN4O6S. The van der Waals surface area contributed by atoms with Crippen LogP contribution in [0, 0.1) is 11.7 Å². The van der Waals surface area contributed by atoms with Crippen LogP contribution in [0.25, 0.3) is 0 Å². The molecule has 218 valence electrons. The van der Waals surface area contributed by atoms with E-state index in [-0.39, 0.29) is 17.8 Å². The highest BCUT2D eigenvalue weighted by Crippen LogP contribution is 2.36. The molecule has 0 aromatic heterocycles. The Balaban J connectivity index is 1.46. The largest absolute Gasteiger partial charge is 0.388 e. The highest BCUT2D eigenvalue weighted by molar-refractivity contribution is 7.99. The minimum Gasteiger partial charge on any atom is -0.388 e. The van der Waals surface area contributed by atoms with Crippen molar-refractivity contribution >= 4 is 36.0 Å². The van der Waals surface area contributed by atoms with Gasteiger partial charge < -0.3 is 35.4 Å². The van der Waals surface area contributed by atoms with Crippen LogP contribution in [-0.4, -0.2) is 106 Å². The van der Waals surface area contributed by atoms with E-state index in [0.717, 1.165) is 0 Å². The van der Waals surface area contributed by atoms with Crippen LogP contribution in [-0.2, 0) is 20.8 Å². The number of nitrogens with zero attached hydrogens (tertiary/aromatic N) is 1. The maximum absolute atomic E-state index is 14.1. The van der Waals surface area contributed by atoms with Gasteiger partial charge in [0, 0.05) is 37.2 Å². The highest BCUT2D eigenvalue weighted by atomic mass is 35.5. The molecule has 3 fully saturated rings. The molecule has 0 radical (unpaired) electrons. The lowest BCUT2D eigenvalue weighted by molar-refractivity contribution is -0.205. The van der Waals surface area contributed by atoms with E-state index in [4.69, 9.17) is 21.1 Å². The number of carbonyl (C=O) groups excluding carboxylic acids is 1. The van der Waals surface area contributed by atoms with Gasteiger partial charge in [0.25, 0.3) is 5.91 Å². The summed E-state index contributed by atoms with van der Waals surface area (Å²) >= 11 is 7.62. The van der Waals surface area contributed by atoms with Crippen molar-refractivity contribution < 1.29 is 34.0 Å². The molecule has 0 spiro atoms. The van der Waals surface area contributed by atoms with Gasteiger partial charge in [0.15, 0.2) is 0 Å². The Morgan fingerprint density at radius 2 is 2.08 bits per heavy atom. The van der Waals surface area contributed by atoms with Gasteiger partial charge in [0.05, 0.1) is 11.4 Å². The fraction of sp³-hybridized carbons (Fsp3) is 0.692. The quantitative estimate of drug-likeness (QED) is 0.178. The number of benzene rings is 1. The minimum absolute atomic E-state index is 0.0443. The number of halogens is 2. The van der Waals surface area contributed by atoms with Gasteiger partial charge >= 0.3 is 0 Å². The van der Waals surface area contributed by atoms with Crippen molar-refractivity contribution in [3.8, 4) is 0 Å². The van der Waals surface area contributed by atoms with E-state index in [0.29, 0.717) is 38.1 Å². The van der Waals surface area contributed by atoms with Crippen LogP contribution in [0.5, 0.6) is 0 Å². The second-order valence-electron chi connectivity index (χ2n) is 10.4. The number of hydrogen-bond acceptors (Lipinski definition) is 10. The van der Waals surface area contributed by atoms with Crippen molar-refractivity contribution in [1.29, 1.82) is 0 Å². The first-order chi connectivity index (χ1) is 18.6. The highest BCUT2D eigenvalue weighted by Gasteiger charge is 2.57. The minimum atomic E-state index is -1.51. The SMILES string of the molecule is C=N[C@]1(C(=O)N[C@H]([C@H](C)Cl)[C@H]2OC(SC)[C@H](O)C(O)C2O)NC[C@@H]2CC(NCc3ccccc3F)CCO[C@H]21. The zero-order valence-electron chi connectivity index (χ0n) is 22.0. The van der Waals surface area contributed by atoms with E-state index in [1.807, 2.05) is 0 Å². The van der Waals surface area contributed by atoms with E-state index in [1.54, 1.807) is 31.4 Å². The average Bonchev–Trinajstić information content (AvgIpc) is 3.14. The van der Waals surface area contributed by atoms with Crippen molar-refractivity contribution in [2.45, 2.75) is 85.4 Å². The number of aliphatic imine (C=N–C) groups is 1. The Bertz CT molecular complexity index is 1010. The van der Waals surface area contributed by atoms with Crippen LogP contribution in [0.2, 0.25) is 0 Å². The number of hydrogen-bond donors (Lipinski definition) is 6. The second-order valence-corrected chi connectivity index (χ2v) is 12.0. The molecule has 0 saturated carbocycles. The van der Waals surface area contributed by atoms with E-state index < -0.39 is 58.9 Å². The fourth-order valence-corrected chi connectivity index (χ4v) is 6.60. The van der Waals surface area contributed by atoms with Gasteiger partial charge in [-0.25, -0.2) is 4.39 Å². The van der Waals surface area contributed by atoms with Crippen LogP contribution in [0.3, 0.4) is 0 Å². The van der Waals surface area contributed by atoms with Gasteiger partial charge in [-0.3, -0.25) is 15.1 Å². The average molecular weight is 589 g/mol. The first kappa shape index (κ1) is 30.6. The first-order valence-electron chi connectivity index (χ1n) is 13.1. The molecule has 4 unspecified atom stereocenters. The zero-order chi connectivity index (χ0) is 28.3. The topological polar surface area (TPSA) is 145 Å². The predicted molar refractivity (Wildman–Crippen MR) is 147 cm³/mol. The van der Waals surface area contributed by atoms with E-state index in [2.05, 4.69) is 27.7 Å². The number of fused-ring (bicyclic) bond motifs is 1. The molecule has 0 aliphatic carbocycles. The Kier molecular flexibility index (Phi) is 10.3. The maximum Gasteiger partial charge on any atom is 0.265 e. The van der Waals surface area contributed by atoms with Crippen molar-refractivity contribution in [1.82, 2.24) is 16.0 Å². The van der Waals surface area contributed by atoms with Gasteiger partial charge in [-0.2, -0.15) is 0 Å². The Labute approximate surface area is 237 Å². The summed E-state index contributed by atoms with van der Waals surface area (Å²) in [6.07, 6.45) is -2.91. The molecule has 10 nitrogen and oxygen atoms in total. The van der Waals surface area contributed by atoms with Gasteiger partial charge in [-0.15, -0.1) is 23.4 Å². The number of thioether (sulfide) groups is 1. The molecule has 3 aliphatic rings. The molecule has 1 amide bonds. The number of rotatable bonds is 9. The number of carbonyl (C=O) groups is 1. The van der Waals surface area contributed by atoms with Crippen LogP contribution < -0.4 is 16.0 Å². The van der Waals surface area contributed by atoms with Gasteiger partial charge in [0.2, 0.25) is 5.66 Å². The van der Waals surface area contributed by atoms with E-state index in [9.17, 15) is 24.5 Å². The fourth-order valence-electron chi connectivity index (χ4n) is 5.71. The van der Waals surface area contributed by atoms with E-state index in [1.165, 1.54) is 17.8 Å². The number of aliphatic hydroxyl groups is 3. The number of aliphatic hydroxyl groups excluding tert-OH is 3.